The summed E-state index contributed by atoms with van der Waals surface area (Å²) in [5.41, 5.74) is 0. The summed E-state index contributed by atoms with van der Waals surface area (Å²) in [5.74, 6) is 0.392. The third kappa shape index (κ3) is 2.99. The van der Waals surface area contributed by atoms with Gasteiger partial charge in [-0.3, -0.25) is 9.69 Å². The van der Waals surface area contributed by atoms with E-state index >= 15 is 0 Å². The Kier molecular flexibility index (Phi) is 3.02. The number of ketones is 1. The van der Waals surface area contributed by atoms with Crippen LogP contribution in [0.2, 0.25) is 0 Å². The Bertz CT molecular complexity index is 145. The molecule has 1 aliphatic rings. The molecule has 0 N–H and O–H groups in total. The van der Waals surface area contributed by atoms with E-state index in [2.05, 4.69) is 23.9 Å². The van der Waals surface area contributed by atoms with Crippen molar-refractivity contribution in [2.45, 2.75) is 6.42 Å². The molecule has 0 spiro atoms. The van der Waals surface area contributed by atoms with Crippen LogP contribution in [0.15, 0.2) is 0 Å². The molecule has 64 valence electrons. The molecule has 0 atom stereocenters. The summed E-state index contributed by atoms with van der Waals surface area (Å²) in [7, 11) is 4.11. The van der Waals surface area contributed by atoms with E-state index in [-0.39, 0.29) is 0 Å². The van der Waals surface area contributed by atoms with E-state index in [9.17, 15) is 4.79 Å². The van der Waals surface area contributed by atoms with Crippen LogP contribution in [0.1, 0.15) is 6.42 Å². The predicted molar refractivity (Wildman–Crippen MR) is 44.6 cm³/mol. The molecule has 3 heteroatoms. The van der Waals surface area contributed by atoms with Crippen LogP contribution in [0.4, 0.5) is 0 Å². The summed E-state index contributed by atoms with van der Waals surface area (Å²) >= 11 is 0. The smallest absolute Gasteiger partial charge is 0.148 e. The summed E-state index contributed by atoms with van der Waals surface area (Å²) in [6.45, 7) is 3.71. The molecule has 0 unspecified atom stereocenters. The molecule has 0 radical (unpaired) electrons. The average molecular weight is 156 g/mol. The van der Waals surface area contributed by atoms with Gasteiger partial charge >= 0.3 is 0 Å². The number of likely N-dealkylation sites (N-methyl/N-ethyl adjacent to an activating group) is 1. The number of rotatable bonds is 3. The van der Waals surface area contributed by atoms with Crippen molar-refractivity contribution in [1.29, 1.82) is 0 Å². The fourth-order valence-corrected chi connectivity index (χ4v) is 1.22. The van der Waals surface area contributed by atoms with Gasteiger partial charge in [-0.15, -0.1) is 0 Å². The molecule has 0 bridgehead atoms. The third-order valence-electron chi connectivity index (χ3n) is 1.97. The van der Waals surface area contributed by atoms with Crippen molar-refractivity contribution >= 4 is 5.78 Å². The average Bonchev–Trinajstić information content (AvgIpc) is 2.31. The van der Waals surface area contributed by atoms with Gasteiger partial charge in [0.1, 0.15) is 5.78 Å². The van der Waals surface area contributed by atoms with Crippen LogP contribution in [-0.4, -0.2) is 55.9 Å². The molecule has 1 saturated heterocycles. The lowest BCUT2D eigenvalue weighted by atomic mass is 10.4. The van der Waals surface area contributed by atoms with Gasteiger partial charge in [-0.05, 0) is 14.1 Å². The molecule has 1 rings (SSSR count). The van der Waals surface area contributed by atoms with E-state index in [0.29, 0.717) is 12.3 Å². The lowest BCUT2D eigenvalue weighted by molar-refractivity contribution is -0.116. The Morgan fingerprint density at radius 3 is 2.73 bits per heavy atom. The number of likely N-dealkylation sites (tertiary alicyclic amines) is 1. The molecule has 11 heavy (non-hydrogen) atoms. The summed E-state index contributed by atoms with van der Waals surface area (Å²) in [5, 5.41) is 0. The molecule has 0 aliphatic carbocycles. The molecule has 0 aromatic rings. The minimum absolute atomic E-state index is 0.392. The maximum Gasteiger partial charge on any atom is 0.148 e. The van der Waals surface area contributed by atoms with E-state index < -0.39 is 0 Å². The van der Waals surface area contributed by atoms with Gasteiger partial charge in [0.2, 0.25) is 0 Å². The van der Waals surface area contributed by atoms with Gasteiger partial charge in [0.05, 0.1) is 6.54 Å². The van der Waals surface area contributed by atoms with E-state index in [4.69, 9.17) is 0 Å². The highest BCUT2D eigenvalue weighted by Gasteiger charge is 2.18. The van der Waals surface area contributed by atoms with Crippen molar-refractivity contribution in [1.82, 2.24) is 9.80 Å². The minimum atomic E-state index is 0.392. The van der Waals surface area contributed by atoms with Crippen LogP contribution in [-0.2, 0) is 4.79 Å². The summed E-state index contributed by atoms with van der Waals surface area (Å²) in [6, 6.07) is 0. The standard InChI is InChI=1S/C8H16N2O/c1-9(2)5-6-10-4-3-8(11)7-10/h3-7H2,1-2H3. The van der Waals surface area contributed by atoms with Crippen LogP contribution < -0.4 is 0 Å². The Labute approximate surface area is 68.0 Å². The molecule has 0 aromatic carbocycles. The predicted octanol–water partition coefficient (Wildman–Crippen LogP) is -0.177. The van der Waals surface area contributed by atoms with Gasteiger partial charge in [-0.25, -0.2) is 0 Å². The highest BCUT2D eigenvalue weighted by atomic mass is 16.1. The Balaban J connectivity index is 2.13. The molecular formula is C8H16N2O. The second kappa shape index (κ2) is 3.83. The lowest BCUT2D eigenvalue weighted by Gasteiger charge is -2.16. The number of Topliss-reactive ketones (excluding diaryl/α,β-unsaturated/α-hetero) is 1. The van der Waals surface area contributed by atoms with Gasteiger partial charge in [0.25, 0.3) is 0 Å². The van der Waals surface area contributed by atoms with Crippen molar-refractivity contribution in [3.63, 3.8) is 0 Å². The van der Waals surface area contributed by atoms with Gasteiger partial charge < -0.3 is 4.90 Å². The molecule has 1 heterocycles. The third-order valence-corrected chi connectivity index (χ3v) is 1.97. The van der Waals surface area contributed by atoms with Crippen molar-refractivity contribution < 1.29 is 4.79 Å². The zero-order valence-electron chi connectivity index (χ0n) is 7.34. The van der Waals surface area contributed by atoms with Crippen molar-refractivity contribution in [3.05, 3.63) is 0 Å². The first-order valence-electron chi connectivity index (χ1n) is 4.07. The second-order valence-corrected chi connectivity index (χ2v) is 3.37. The lowest BCUT2D eigenvalue weighted by Crippen LogP contribution is -2.30. The van der Waals surface area contributed by atoms with Crippen molar-refractivity contribution in [2.75, 3.05) is 40.3 Å². The highest BCUT2D eigenvalue weighted by molar-refractivity contribution is 5.82. The topological polar surface area (TPSA) is 23.6 Å². The van der Waals surface area contributed by atoms with E-state index in [1.54, 1.807) is 0 Å². The van der Waals surface area contributed by atoms with Gasteiger partial charge in [0, 0.05) is 26.1 Å². The van der Waals surface area contributed by atoms with Gasteiger partial charge in [-0.2, -0.15) is 0 Å². The van der Waals surface area contributed by atoms with Crippen LogP contribution in [0, 0.1) is 0 Å². The van der Waals surface area contributed by atoms with Gasteiger partial charge in [-0.1, -0.05) is 0 Å². The van der Waals surface area contributed by atoms with E-state index in [0.717, 1.165) is 26.1 Å². The Hall–Kier alpha value is -0.410. The van der Waals surface area contributed by atoms with Crippen molar-refractivity contribution in [2.24, 2.45) is 0 Å². The quantitative estimate of drug-likeness (QED) is 0.566. The Morgan fingerprint density at radius 2 is 2.27 bits per heavy atom. The van der Waals surface area contributed by atoms with Crippen LogP contribution in [0.5, 0.6) is 0 Å². The zero-order chi connectivity index (χ0) is 8.27. The van der Waals surface area contributed by atoms with Gasteiger partial charge in [0.15, 0.2) is 0 Å². The monoisotopic (exact) mass is 156 g/mol. The molecule has 0 amide bonds. The molecule has 0 saturated carbocycles. The first kappa shape index (κ1) is 8.68. The minimum Gasteiger partial charge on any atom is -0.308 e. The van der Waals surface area contributed by atoms with Crippen LogP contribution in [0.25, 0.3) is 0 Å². The summed E-state index contributed by atoms with van der Waals surface area (Å²) in [6.07, 6.45) is 0.757. The molecule has 3 nitrogen and oxygen atoms in total. The van der Waals surface area contributed by atoms with Crippen LogP contribution in [0.3, 0.4) is 0 Å². The second-order valence-electron chi connectivity index (χ2n) is 3.37. The molecule has 0 aromatic heterocycles. The first-order chi connectivity index (χ1) is 5.18. The molecular weight excluding hydrogens is 140 g/mol. The zero-order valence-corrected chi connectivity index (χ0v) is 7.34. The number of carbonyl (C=O) groups is 1. The number of hydrogen-bond donors (Lipinski definition) is 0. The number of nitrogens with zero attached hydrogens (tertiary/aromatic N) is 2. The maximum atomic E-state index is 10.8. The van der Waals surface area contributed by atoms with Crippen LogP contribution >= 0.6 is 0 Å². The SMILES string of the molecule is CN(C)CCN1CCC(=O)C1. The molecule has 1 fully saturated rings. The Morgan fingerprint density at radius 1 is 1.55 bits per heavy atom. The normalized spacial score (nSPS) is 20.1. The fourth-order valence-electron chi connectivity index (χ4n) is 1.22. The van der Waals surface area contributed by atoms with Crippen molar-refractivity contribution in [3.8, 4) is 0 Å². The largest absolute Gasteiger partial charge is 0.308 e. The van der Waals surface area contributed by atoms with E-state index in [1.165, 1.54) is 0 Å². The maximum absolute atomic E-state index is 10.8. The first-order valence-corrected chi connectivity index (χ1v) is 4.07. The summed E-state index contributed by atoms with van der Waals surface area (Å²) in [4.78, 5) is 15.2. The number of carbonyl (C=O) groups excluding carboxylic acids is 1. The molecule has 1 aliphatic heterocycles. The number of hydrogen-bond acceptors (Lipinski definition) is 3. The fraction of sp³-hybridized carbons (Fsp3) is 0.875. The van der Waals surface area contributed by atoms with E-state index in [1.807, 2.05) is 0 Å². The highest BCUT2D eigenvalue weighted by Crippen LogP contribution is 2.02. The summed E-state index contributed by atoms with van der Waals surface area (Å²) < 4.78 is 0.